The van der Waals surface area contributed by atoms with Gasteiger partial charge in [0.25, 0.3) is 11.4 Å². The molecule has 0 unspecified atom stereocenters. The van der Waals surface area contributed by atoms with Gasteiger partial charge in [0.1, 0.15) is 17.3 Å². The van der Waals surface area contributed by atoms with Crippen LogP contribution in [0.25, 0.3) is 5.69 Å². The van der Waals surface area contributed by atoms with Crippen LogP contribution in [0.5, 0.6) is 17.5 Å². The summed E-state index contributed by atoms with van der Waals surface area (Å²) in [4.78, 5) is 50.2. The Morgan fingerprint density at radius 2 is 1.89 bits per heavy atom. The van der Waals surface area contributed by atoms with Crippen molar-refractivity contribution in [3.05, 3.63) is 77.8 Å². The van der Waals surface area contributed by atoms with Crippen molar-refractivity contribution in [1.29, 1.82) is 0 Å². The molecule has 0 saturated carbocycles. The van der Waals surface area contributed by atoms with Gasteiger partial charge in [-0.25, -0.2) is 18.5 Å². The van der Waals surface area contributed by atoms with Gasteiger partial charge in [-0.3, -0.25) is 19.5 Å². The van der Waals surface area contributed by atoms with E-state index in [0.29, 0.717) is 6.07 Å². The normalized spacial score (nSPS) is 11.2. The quantitative estimate of drug-likeness (QED) is 0.188. The van der Waals surface area contributed by atoms with Crippen LogP contribution in [0.1, 0.15) is 5.69 Å². The van der Waals surface area contributed by atoms with Crippen LogP contribution >= 0.6 is 11.6 Å². The summed E-state index contributed by atoms with van der Waals surface area (Å²) in [6, 6.07) is 3.37. The number of aromatic nitrogens is 3. The molecule has 0 spiro atoms. The van der Waals surface area contributed by atoms with Gasteiger partial charge < -0.3 is 14.2 Å². The number of hydrogen-bond acceptors (Lipinski definition) is 9. The molecule has 0 aliphatic rings. The van der Waals surface area contributed by atoms with Crippen LogP contribution in [0.15, 0.2) is 39.9 Å². The molecular formula is C20H13ClF4N4O8. The van der Waals surface area contributed by atoms with Crippen molar-refractivity contribution in [3.8, 4) is 23.2 Å². The van der Waals surface area contributed by atoms with Gasteiger partial charge in [0.05, 0.1) is 22.7 Å². The van der Waals surface area contributed by atoms with Crippen LogP contribution in [-0.4, -0.2) is 38.7 Å². The summed E-state index contributed by atoms with van der Waals surface area (Å²) >= 11 is 5.96. The number of alkyl halides is 3. The third-order valence-corrected chi connectivity index (χ3v) is 4.93. The number of nitro groups is 1. The average Bonchev–Trinajstić information content (AvgIpc) is 2.81. The molecule has 37 heavy (non-hydrogen) atoms. The minimum Gasteiger partial charge on any atom is -0.466 e. The number of ether oxygens (including phenoxy) is 3. The molecule has 0 amide bonds. The molecule has 17 heteroatoms. The second-order valence-electron chi connectivity index (χ2n) is 6.97. The summed E-state index contributed by atoms with van der Waals surface area (Å²) < 4.78 is 69.0. The van der Waals surface area contributed by atoms with Gasteiger partial charge in [0.15, 0.2) is 6.61 Å². The van der Waals surface area contributed by atoms with Gasteiger partial charge in [0, 0.05) is 31.3 Å². The molecular weight excluding hydrogens is 536 g/mol. The Hall–Kier alpha value is -4.47. The average molecular weight is 549 g/mol. The van der Waals surface area contributed by atoms with Gasteiger partial charge >= 0.3 is 23.5 Å². The van der Waals surface area contributed by atoms with Gasteiger partial charge in [-0.05, 0) is 6.07 Å². The summed E-state index contributed by atoms with van der Waals surface area (Å²) in [7, 11) is 1.79. The van der Waals surface area contributed by atoms with Gasteiger partial charge in [-0.2, -0.15) is 18.2 Å². The SMILES string of the molecule is COC(=O)COc1nc(Oc2cc(-n3c(=O)cc(C(F)(F)F)n(C)c3=O)c(F)cc2Cl)ccc1[N+](=O)[O-]. The Kier molecular flexibility index (Phi) is 7.52. The van der Waals surface area contributed by atoms with Crippen LogP contribution in [0, 0.1) is 15.9 Å². The van der Waals surface area contributed by atoms with E-state index in [1.165, 1.54) is 0 Å². The van der Waals surface area contributed by atoms with Crippen molar-refractivity contribution in [3.63, 3.8) is 0 Å². The third kappa shape index (κ3) is 5.69. The lowest BCUT2D eigenvalue weighted by Crippen LogP contribution is -2.41. The first kappa shape index (κ1) is 27.1. The molecule has 0 bridgehead atoms. The van der Waals surface area contributed by atoms with Crippen molar-refractivity contribution in [2.45, 2.75) is 6.18 Å². The monoisotopic (exact) mass is 548 g/mol. The molecule has 12 nitrogen and oxygen atoms in total. The Morgan fingerprint density at radius 1 is 1.22 bits per heavy atom. The smallest absolute Gasteiger partial charge is 0.431 e. The van der Waals surface area contributed by atoms with Gasteiger partial charge in [0.2, 0.25) is 5.88 Å². The zero-order valence-electron chi connectivity index (χ0n) is 18.5. The highest BCUT2D eigenvalue weighted by atomic mass is 35.5. The fourth-order valence-corrected chi connectivity index (χ4v) is 3.09. The molecule has 2 aromatic heterocycles. The zero-order valence-corrected chi connectivity index (χ0v) is 19.3. The number of carbonyl (C=O) groups is 1. The maximum atomic E-state index is 14.7. The highest BCUT2D eigenvalue weighted by Crippen LogP contribution is 2.35. The van der Waals surface area contributed by atoms with E-state index in [0.717, 1.165) is 32.4 Å². The van der Waals surface area contributed by atoms with E-state index < -0.39 is 80.3 Å². The highest BCUT2D eigenvalue weighted by Gasteiger charge is 2.35. The molecule has 0 N–H and O–H groups in total. The topological polar surface area (TPSA) is 145 Å². The molecule has 3 aromatic rings. The van der Waals surface area contributed by atoms with Crippen molar-refractivity contribution in [2.24, 2.45) is 7.05 Å². The van der Waals surface area contributed by atoms with Crippen molar-refractivity contribution >= 4 is 23.3 Å². The number of hydrogen-bond donors (Lipinski definition) is 0. The Bertz CT molecular complexity index is 1520. The second kappa shape index (κ2) is 10.3. The molecule has 1 aromatic carbocycles. The molecule has 3 rings (SSSR count). The fraction of sp³-hybridized carbons (Fsp3) is 0.200. The molecule has 2 heterocycles. The zero-order chi connectivity index (χ0) is 27.7. The van der Waals surface area contributed by atoms with E-state index in [1.807, 2.05) is 0 Å². The maximum absolute atomic E-state index is 14.7. The van der Waals surface area contributed by atoms with E-state index in [1.54, 1.807) is 0 Å². The molecule has 0 saturated heterocycles. The second-order valence-corrected chi connectivity index (χ2v) is 7.38. The maximum Gasteiger partial charge on any atom is 0.431 e. The molecule has 0 atom stereocenters. The first-order valence-corrected chi connectivity index (χ1v) is 10.0. The first-order valence-electron chi connectivity index (χ1n) is 9.67. The predicted molar refractivity (Wildman–Crippen MR) is 116 cm³/mol. The molecule has 0 radical (unpaired) electrons. The van der Waals surface area contributed by atoms with Crippen LogP contribution in [0.2, 0.25) is 5.02 Å². The standard InChI is InChI=1S/C20H13ClF4N4O8/c1-27-14(20(23,24)25)7-16(30)28(19(27)32)12-6-13(9(21)5-10(12)22)37-15-4-3-11(29(33)34)18(26-15)36-8-17(31)35-2/h3-7H,8H2,1-2H3. The lowest BCUT2D eigenvalue weighted by atomic mass is 10.2. The molecule has 0 aliphatic carbocycles. The van der Waals surface area contributed by atoms with Crippen LogP contribution < -0.4 is 20.7 Å². The molecule has 0 fully saturated rings. The molecule has 196 valence electrons. The number of benzene rings is 1. The summed E-state index contributed by atoms with van der Waals surface area (Å²) in [6.07, 6.45) is -5.03. The van der Waals surface area contributed by atoms with Gasteiger partial charge in [-0.1, -0.05) is 11.6 Å². The largest absolute Gasteiger partial charge is 0.466 e. The summed E-state index contributed by atoms with van der Waals surface area (Å²) in [6.45, 7) is -0.741. The lowest BCUT2D eigenvalue weighted by molar-refractivity contribution is -0.386. The number of methoxy groups -OCH3 is 1. The Balaban J connectivity index is 2.08. The van der Waals surface area contributed by atoms with E-state index in [2.05, 4.69) is 9.72 Å². The summed E-state index contributed by atoms with van der Waals surface area (Å²) in [5.74, 6) is -3.64. The highest BCUT2D eigenvalue weighted by molar-refractivity contribution is 6.32. The van der Waals surface area contributed by atoms with Gasteiger partial charge in [-0.15, -0.1) is 0 Å². The van der Waals surface area contributed by atoms with Crippen LogP contribution in [0.4, 0.5) is 23.2 Å². The predicted octanol–water partition coefficient (Wildman–Crippen LogP) is 2.99. The van der Waals surface area contributed by atoms with Crippen molar-refractivity contribution in [2.75, 3.05) is 13.7 Å². The minimum atomic E-state index is -5.03. The number of esters is 1. The van der Waals surface area contributed by atoms with Crippen LogP contribution in [0.3, 0.4) is 0 Å². The number of halogens is 5. The molecule has 0 aliphatic heterocycles. The first-order chi connectivity index (χ1) is 17.2. The van der Waals surface area contributed by atoms with E-state index in [9.17, 15) is 42.1 Å². The number of rotatable bonds is 7. The lowest BCUT2D eigenvalue weighted by Gasteiger charge is -2.15. The van der Waals surface area contributed by atoms with Crippen molar-refractivity contribution in [1.82, 2.24) is 14.1 Å². The van der Waals surface area contributed by atoms with E-state index >= 15 is 0 Å². The van der Waals surface area contributed by atoms with E-state index in [4.69, 9.17) is 21.1 Å². The van der Waals surface area contributed by atoms with E-state index in [-0.39, 0.29) is 15.2 Å². The van der Waals surface area contributed by atoms with Crippen LogP contribution in [-0.2, 0) is 22.8 Å². The summed E-state index contributed by atoms with van der Waals surface area (Å²) in [5.41, 5.74) is -6.02. The number of carbonyl (C=O) groups excluding carboxylic acids is 1. The fourth-order valence-electron chi connectivity index (χ4n) is 2.90. The number of nitrogens with zero attached hydrogens (tertiary/aromatic N) is 4. The van der Waals surface area contributed by atoms with Crippen molar-refractivity contribution < 1.29 is 41.5 Å². The minimum absolute atomic E-state index is 0.110. The Morgan fingerprint density at radius 3 is 2.49 bits per heavy atom. The third-order valence-electron chi connectivity index (χ3n) is 4.63. The number of pyridine rings is 1. The Labute approximate surface area is 207 Å². The summed E-state index contributed by atoms with van der Waals surface area (Å²) in [5, 5.41) is 10.8.